The molecule has 1 aromatic rings. The Kier molecular flexibility index (Phi) is 4.90. The van der Waals surface area contributed by atoms with Crippen molar-refractivity contribution in [3.05, 3.63) is 33.9 Å². The van der Waals surface area contributed by atoms with E-state index < -0.39 is 4.92 Å². The monoisotopic (exact) mass is 291 g/mol. The molecule has 2 rings (SSSR count). The van der Waals surface area contributed by atoms with Gasteiger partial charge in [0.1, 0.15) is 12.0 Å². The molecule has 1 fully saturated rings. The minimum absolute atomic E-state index is 0.0110. The van der Waals surface area contributed by atoms with Gasteiger partial charge in [0.2, 0.25) is 0 Å². The van der Waals surface area contributed by atoms with Crippen LogP contribution >= 0.6 is 0 Å². The molecule has 1 aliphatic rings. The summed E-state index contributed by atoms with van der Waals surface area (Å²) in [5.74, 6) is 0.623. The number of anilines is 1. The lowest BCUT2D eigenvalue weighted by molar-refractivity contribution is -0.384. The van der Waals surface area contributed by atoms with Gasteiger partial charge in [0.05, 0.1) is 4.92 Å². The van der Waals surface area contributed by atoms with Gasteiger partial charge in [-0.3, -0.25) is 19.8 Å². The third-order valence-corrected chi connectivity index (χ3v) is 3.67. The van der Waals surface area contributed by atoms with Crippen molar-refractivity contribution >= 4 is 17.7 Å². The molecule has 0 aliphatic carbocycles. The van der Waals surface area contributed by atoms with Crippen LogP contribution < -0.4 is 4.90 Å². The van der Waals surface area contributed by atoms with E-state index in [1.165, 1.54) is 6.07 Å². The highest BCUT2D eigenvalue weighted by atomic mass is 16.6. The van der Waals surface area contributed by atoms with E-state index >= 15 is 0 Å². The van der Waals surface area contributed by atoms with Crippen molar-refractivity contribution in [2.75, 3.05) is 37.6 Å². The highest BCUT2D eigenvalue weighted by Crippen LogP contribution is 2.29. The van der Waals surface area contributed by atoms with E-state index in [1.54, 1.807) is 12.1 Å². The van der Waals surface area contributed by atoms with Crippen LogP contribution in [-0.2, 0) is 0 Å². The Bertz CT molecular complexity index is 523. The Labute approximate surface area is 124 Å². The lowest BCUT2D eigenvalue weighted by Crippen LogP contribution is -2.47. The van der Waals surface area contributed by atoms with E-state index in [9.17, 15) is 14.9 Å². The molecule has 0 unspecified atom stereocenters. The first-order valence-corrected chi connectivity index (χ1v) is 7.22. The molecule has 1 heterocycles. The Balaban J connectivity index is 2.13. The van der Waals surface area contributed by atoms with Gasteiger partial charge in [-0.25, -0.2) is 0 Å². The largest absolute Gasteiger partial charge is 0.363 e. The first-order chi connectivity index (χ1) is 10.0. The van der Waals surface area contributed by atoms with Gasteiger partial charge in [0.25, 0.3) is 5.69 Å². The summed E-state index contributed by atoms with van der Waals surface area (Å²) in [5, 5.41) is 11.2. The molecule has 114 valence electrons. The highest BCUT2D eigenvalue weighted by molar-refractivity contribution is 5.79. The van der Waals surface area contributed by atoms with Crippen LogP contribution in [0.25, 0.3) is 0 Å². The third kappa shape index (κ3) is 3.78. The van der Waals surface area contributed by atoms with Gasteiger partial charge in [0, 0.05) is 44.4 Å². The standard InChI is InChI=1S/C15H21N3O3/c1-12(2)10-16-5-7-17(8-6-16)14-4-3-13(11-19)9-15(14)18(20)21/h3-4,9,11-12H,5-8,10H2,1-2H3. The fraction of sp³-hybridized carbons (Fsp3) is 0.533. The number of aldehydes is 1. The number of piperazine rings is 1. The van der Waals surface area contributed by atoms with Crippen LogP contribution in [0.3, 0.4) is 0 Å². The zero-order valence-corrected chi connectivity index (χ0v) is 12.5. The van der Waals surface area contributed by atoms with Crippen molar-refractivity contribution in [3.8, 4) is 0 Å². The number of hydrogen-bond donors (Lipinski definition) is 0. The molecule has 1 aliphatic heterocycles. The number of hydrogen-bond acceptors (Lipinski definition) is 5. The lowest BCUT2D eigenvalue weighted by Gasteiger charge is -2.36. The van der Waals surface area contributed by atoms with Gasteiger partial charge >= 0.3 is 0 Å². The summed E-state index contributed by atoms with van der Waals surface area (Å²) in [6.07, 6.45) is 0.636. The Morgan fingerprint density at radius 3 is 2.48 bits per heavy atom. The Hall–Kier alpha value is -1.95. The fourth-order valence-corrected chi connectivity index (χ4v) is 2.72. The van der Waals surface area contributed by atoms with E-state index in [1.807, 2.05) is 4.90 Å². The van der Waals surface area contributed by atoms with E-state index in [0.717, 1.165) is 32.7 Å². The molecule has 0 saturated carbocycles. The maximum absolute atomic E-state index is 11.2. The predicted molar refractivity (Wildman–Crippen MR) is 82.0 cm³/mol. The van der Waals surface area contributed by atoms with E-state index in [2.05, 4.69) is 18.7 Å². The van der Waals surface area contributed by atoms with Gasteiger partial charge in [-0.2, -0.15) is 0 Å². The molecular formula is C15H21N3O3. The summed E-state index contributed by atoms with van der Waals surface area (Å²) in [6, 6.07) is 4.67. The third-order valence-electron chi connectivity index (χ3n) is 3.67. The van der Waals surface area contributed by atoms with Crippen molar-refractivity contribution in [1.82, 2.24) is 4.90 Å². The zero-order chi connectivity index (χ0) is 15.4. The molecule has 0 amide bonds. The predicted octanol–water partition coefficient (Wildman–Crippen LogP) is 2.19. The van der Waals surface area contributed by atoms with Gasteiger partial charge in [0.15, 0.2) is 0 Å². The fourth-order valence-electron chi connectivity index (χ4n) is 2.72. The number of carbonyl (C=O) groups excluding carboxylic acids is 1. The molecule has 0 N–H and O–H groups in total. The van der Waals surface area contributed by atoms with Crippen molar-refractivity contribution < 1.29 is 9.72 Å². The van der Waals surface area contributed by atoms with Crippen molar-refractivity contribution in [2.45, 2.75) is 13.8 Å². The second-order valence-electron chi connectivity index (χ2n) is 5.80. The van der Waals surface area contributed by atoms with Crippen molar-refractivity contribution in [3.63, 3.8) is 0 Å². The molecule has 1 saturated heterocycles. The second-order valence-corrected chi connectivity index (χ2v) is 5.80. The van der Waals surface area contributed by atoms with Crippen LogP contribution in [0, 0.1) is 16.0 Å². The summed E-state index contributed by atoms with van der Waals surface area (Å²) < 4.78 is 0. The SMILES string of the molecule is CC(C)CN1CCN(c2ccc(C=O)cc2[N+](=O)[O-])CC1. The van der Waals surface area contributed by atoms with Gasteiger partial charge in [-0.05, 0) is 18.1 Å². The highest BCUT2D eigenvalue weighted by Gasteiger charge is 2.24. The van der Waals surface area contributed by atoms with Gasteiger partial charge in [-0.1, -0.05) is 13.8 Å². The smallest absolute Gasteiger partial charge is 0.293 e. The maximum Gasteiger partial charge on any atom is 0.293 e. The van der Waals surface area contributed by atoms with E-state index in [4.69, 9.17) is 0 Å². The van der Waals surface area contributed by atoms with E-state index in [-0.39, 0.29) is 5.69 Å². The Morgan fingerprint density at radius 1 is 1.29 bits per heavy atom. The molecule has 0 aromatic heterocycles. The van der Waals surface area contributed by atoms with Crippen LogP contribution in [0.5, 0.6) is 0 Å². The number of nitrogens with zero attached hydrogens (tertiary/aromatic N) is 3. The summed E-state index contributed by atoms with van der Waals surface area (Å²) in [7, 11) is 0. The van der Waals surface area contributed by atoms with Crippen LogP contribution in [-0.4, -0.2) is 48.8 Å². The van der Waals surface area contributed by atoms with Crippen LogP contribution in [0.15, 0.2) is 18.2 Å². The first-order valence-electron chi connectivity index (χ1n) is 7.22. The van der Waals surface area contributed by atoms with Crippen LogP contribution in [0.1, 0.15) is 24.2 Å². The lowest BCUT2D eigenvalue weighted by atomic mass is 10.1. The van der Waals surface area contributed by atoms with Crippen molar-refractivity contribution in [1.29, 1.82) is 0 Å². The Morgan fingerprint density at radius 2 is 1.95 bits per heavy atom. The van der Waals surface area contributed by atoms with Gasteiger partial charge in [-0.15, -0.1) is 0 Å². The quantitative estimate of drug-likeness (QED) is 0.472. The zero-order valence-electron chi connectivity index (χ0n) is 12.5. The van der Waals surface area contributed by atoms with Crippen LogP contribution in [0.2, 0.25) is 0 Å². The molecule has 0 spiro atoms. The van der Waals surface area contributed by atoms with Crippen LogP contribution in [0.4, 0.5) is 11.4 Å². The summed E-state index contributed by atoms with van der Waals surface area (Å²) >= 11 is 0. The molecule has 1 aromatic carbocycles. The summed E-state index contributed by atoms with van der Waals surface area (Å²) in [6.45, 7) is 8.79. The van der Waals surface area contributed by atoms with Crippen molar-refractivity contribution in [2.24, 2.45) is 5.92 Å². The maximum atomic E-state index is 11.2. The van der Waals surface area contributed by atoms with E-state index in [0.29, 0.717) is 23.5 Å². The minimum atomic E-state index is -0.414. The molecule has 6 heteroatoms. The molecular weight excluding hydrogens is 270 g/mol. The summed E-state index contributed by atoms with van der Waals surface area (Å²) in [5.41, 5.74) is 0.954. The minimum Gasteiger partial charge on any atom is -0.363 e. The molecule has 6 nitrogen and oxygen atoms in total. The average Bonchev–Trinajstić information content (AvgIpc) is 2.47. The number of benzene rings is 1. The second kappa shape index (κ2) is 6.67. The number of carbonyl (C=O) groups is 1. The number of nitro groups is 1. The number of rotatable bonds is 5. The summed E-state index contributed by atoms with van der Waals surface area (Å²) in [4.78, 5) is 26.0. The first kappa shape index (κ1) is 15.4. The molecule has 0 radical (unpaired) electrons. The normalized spacial score (nSPS) is 16.2. The molecule has 0 atom stereocenters. The van der Waals surface area contributed by atoms with Gasteiger partial charge < -0.3 is 4.90 Å². The number of nitro benzene ring substituents is 1. The topological polar surface area (TPSA) is 66.7 Å². The molecule has 0 bridgehead atoms. The molecule has 21 heavy (non-hydrogen) atoms. The average molecular weight is 291 g/mol.